The topological polar surface area (TPSA) is 0 Å². The van der Waals surface area contributed by atoms with Gasteiger partial charge >= 0.3 is 0 Å². The zero-order chi connectivity index (χ0) is 29.5. The summed E-state index contributed by atoms with van der Waals surface area (Å²) in [4.78, 5) is 5.04. The molecular formula is C39H44S2. The fourth-order valence-electron chi connectivity index (χ4n) is 3.63. The van der Waals surface area contributed by atoms with Gasteiger partial charge in [-0.2, -0.15) is 0 Å². The average Bonchev–Trinajstić information content (AvgIpc) is 2.98. The predicted molar refractivity (Wildman–Crippen MR) is 189 cm³/mol. The van der Waals surface area contributed by atoms with Gasteiger partial charge in [-0.15, -0.1) is 0 Å². The van der Waals surface area contributed by atoms with Crippen LogP contribution in [0.25, 0.3) is 11.1 Å². The molecule has 2 aromatic carbocycles. The standard InChI is InChI=1S/C39H44S2/c1-6-9-11-12-13-14-15-16-17-18-19-21-22-33(4)40-38-28-24-36(25-29-38)37-26-30-39(31-27-37)41-34(5)32-35(8-3)23-20-10-7-2/h6-12,14-17,19-32H,13,18H2,1-5H3/b9-6-,10-7-,12-11-,15-14-,17-16-,21-19-,23-20-,33-22+,34-32-,35-8+. The highest BCUT2D eigenvalue weighted by Gasteiger charge is 2.02. The Hall–Kier alpha value is -3.46. The SMILES string of the molecule is C/C=C\C=C/C/C=C\C=C/C/C=C\C=C(/C)Sc1ccc(-c2ccc(S\C(C)=C/C(/C=C\C=C/C)=C/C)cc2)cc1. The molecule has 2 rings (SSSR count). The van der Waals surface area contributed by atoms with Crippen molar-refractivity contribution in [3.05, 3.63) is 167 Å². The molecule has 2 heteroatoms. The monoisotopic (exact) mass is 576 g/mol. The molecule has 0 aromatic heterocycles. The number of hydrogen-bond donors (Lipinski definition) is 0. The first-order valence-corrected chi connectivity index (χ1v) is 15.8. The van der Waals surface area contributed by atoms with E-state index < -0.39 is 0 Å². The van der Waals surface area contributed by atoms with Gasteiger partial charge in [0.25, 0.3) is 0 Å². The van der Waals surface area contributed by atoms with E-state index in [4.69, 9.17) is 0 Å². The van der Waals surface area contributed by atoms with Gasteiger partial charge in [0.05, 0.1) is 0 Å². The van der Waals surface area contributed by atoms with Gasteiger partial charge in [-0.1, -0.05) is 145 Å². The third-order valence-electron chi connectivity index (χ3n) is 5.73. The maximum atomic E-state index is 2.23. The van der Waals surface area contributed by atoms with Crippen LogP contribution in [0.5, 0.6) is 0 Å². The molecule has 0 amide bonds. The number of allylic oxidation sites excluding steroid dienone is 20. The highest BCUT2D eigenvalue weighted by atomic mass is 32.2. The van der Waals surface area contributed by atoms with E-state index in [1.807, 2.05) is 38.2 Å². The second-order valence-corrected chi connectivity index (χ2v) is 11.8. The van der Waals surface area contributed by atoms with E-state index >= 15 is 0 Å². The highest BCUT2D eigenvalue weighted by molar-refractivity contribution is 8.03. The Morgan fingerprint density at radius 3 is 1.54 bits per heavy atom. The van der Waals surface area contributed by atoms with Crippen LogP contribution >= 0.6 is 23.5 Å². The zero-order valence-corrected chi connectivity index (χ0v) is 26.8. The Labute approximate surface area is 258 Å². The summed E-state index contributed by atoms with van der Waals surface area (Å²) in [6, 6.07) is 17.7. The molecule has 41 heavy (non-hydrogen) atoms. The van der Waals surface area contributed by atoms with Gasteiger partial charge in [0, 0.05) is 9.79 Å². The first-order chi connectivity index (χ1) is 20.0. The minimum atomic E-state index is 0.931. The van der Waals surface area contributed by atoms with Crippen molar-refractivity contribution in [1.82, 2.24) is 0 Å². The van der Waals surface area contributed by atoms with Crippen molar-refractivity contribution >= 4 is 23.5 Å². The molecule has 0 atom stereocenters. The summed E-state index contributed by atoms with van der Waals surface area (Å²) in [6.45, 7) is 10.5. The van der Waals surface area contributed by atoms with Gasteiger partial charge < -0.3 is 0 Å². The molecule has 0 N–H and O–H groups in total. The van der Waals surface area contributed by atoms with Crippen molar-refractivity contribution in [3.8, 4) is 11.1 Å². The van der Waals surface area contributed by atoms with Crippen LogP contribution in [0, 0.1) is 0 Å². The van der Waals surface area contributed by atoms with E-state index in [2.05, 4.69) is 148 Å². The first kappa shape index (κ1) is 33.7. The van der Waals surface area contributed by atoms with E-state index in [9.17, 15) is 0 Å². The first-order valence-electron chi connectivity index (χ1n) is 14.2. The normalized spacial score (nSPS) is 14.1. The molecule has 0 bridgehead atoms. The molecule has 0 radical (unpaired) electrons. The molecule has 0 aliphatic rings. The highest BCUT2D eigenvalue weighted by Crippen LogP contribution is 2.31. The Morgan fingerprint density at radius 2 is 1.02 bits per heavy atom. The van der Waals surface area contributed by atoms with E-state index in [0.29, 0.717) is 0 Å². The van der Waals surface area contributed by atoms with Gasteiger partial charge in [0.1, 0.15) is 0 Å². The summed E-state index contributed by atoms with van der Waals surface area (Å²) < 4.78 is 0. The van der Waals surface area contributed by atoms with Crippen molar-refractivity contribution < 1.29 is 0 Å². The summed E-state index contributed by atoms with van der Waals surface area (Å²) in [5.74, 6) is 0. The second kappa shape index (κ2) is 21.3. The molecule has 0 saturated heterocycles. The van der Waals surface area contributed by atoms with Crippen molar-refractivity contribution in [2.45, 2.75) is 57.3 Å². The minimum absolute atomic E-state index is 0.931. The molecular weight excluding hydrogens is 533 g/mol. The van der Waals surface area contributed by atoms with Crippen molar-refractivity contribution in [2.75, 3.05) is 0 Å². The number of rotatable bonds is 15. The largest absolute Gasteiger partial charge is 0.0949 e. The number of benzene rings is 2. The van der Waals surface area contributed by atoms with E-state index in [1.54, 1.807) is 23.5 Å². The van der Waals surface area contributed by atoms with Crippen LogP contribution in [0.3, 0.4) is 0 Å². The smallest absolute Gasteiger partial charge is 0.0119 e. The lowest BCUT2D eigenvalue weighted by Gasteiger charge is -2.07. The van der Waals surface area contributed by atoms with Crippen LogP contribution in [0.2, 0.25) is 0 Å². The third-order valence-corrected chi connectivity index (χ3v) is 7.64. The molecule has 0 heterocycles. The number of hydrogen-bond acceptors (Lipinski definition) is 2. The lowest BCUT2D eigenvalue weighted by Crippen LogP contribution is -1.80. The lowest BCUT2D eigenvalue weighted by molar-refractivity contribution is 1.37. The van der Waals surface area contributed by atoms with Gasteiger partial charge in [0.15, 0.2) is 0 Å². The number of thioether (sulfide) groups is 2. The van der Waals surface area contributed by atoms with Crippen LogP contribution in [0.4, 0.5) is 0 Å². The molecule has 0 unspecified atom stereocenters. The van der Waals surface area contributed by atoms with E-state index in [1.165, 1.54) is 36.3 Å². The summed E-state index contributed by atoms with van der Waals surface area (Å²) in [7, 11) is 0. The maximum absolute atomic E-state index is 2.23. The maximum Gasteiger partial charge on any atom is 0.0119 e. The molecule has 0 nitrogen and oxygen atoms in total. The Bertz CT molecular complexity index is 1330. The molecule has 2 aromatic rings. The second-order valence-electron chi connectivity index (χ2n) is 9.17. The quantitative estimate of drug-likeness (QED) is 0.153. The Kier molecular flexibility index (Phi) is 17.5. The molecule has 212 valence electrons. The molecule has 0 fully saturated rings. The van der Waals surface area contributed by atoms with Crippen LogP contribution < -0.4 is 0 Å². The van der Waals surface area contributed by atoms with Gasteiger partial charge in [-0.25, -0.2) is 0 Å². The summed E-state index contributed by atoms with van der Waals surface area (Å²) >= 11 is 3.60. The van der Waals surface area contributed by atoms with Crippen LogP contribution in [-0.2, 0) is 0 Å². The summed E-state index contributed by atoms with van der Waals surface area (Å²) in [6.07, 6.45) is 37.9. The molecule has 0 spiro atoms. The fourth-order valence-corrected chi connectivity index (χ4v) is 5.26. The zero-order valence-electron chi connectivity index (χ0n) is 25.2. The van der Waals surface area contributed by atoms with Gasteiger partial charge in [-0.3, -0.25) is 0 Å². The van der Waals surface area contributed by atoms with Crippen LogP contribution in [0.15, 0.2) is 177 Å². The van der Waals surface area contributed by atoms with Crippen molar-refractivity contribution in [2.24, 2.45) is 0 Å². The Morgan fingerprint density at radius 1 is 0.561 bits per heavy atom. The van der Waals surface area contributed by atoms with Crippen LogP contribution in [-0.4, -0.2) is 0 Å². The van der Waals surface area contributed by atoms with E-state index in [0.717, 1.165) is 12.8 Å². The lowest BCUT2D eigenvalue weighted by atomic mass is 10.1. The Balaban J connectivity index is 1.84. The predicted octanol–water partition coefficient (Wildman–Crippen LogP) is 13.0. The van der Waals surface area contributed by atoms with Crippen molar-refractivity contribution in [1.29, 1.82) is 0 Å². The third kappa shape index (κ3) is 15.2. The molecule has 0 aliphatic carbocycles. The minimum Gasteiger partial charge on any atom is -0.0949 e. The van der Waals surface area contributed by atoms with Gasteiger partial charge in [-0.05, 0) is 104 Å². The average molecular weight is 577 g/mol. The van der Waals surface area contributed by atoms with E-state index in [-0.39, 0.29) is 0 Å². The summed E-state index contributed by atoms with van der Waals surface area (Å²) in [5.41, 5.74) is 3.68. The summed E-state index contributed by atoms with van der Waals surface area (Å²) in [5, 5.41) is 0. The van der Waals surface area contributed by atoms with Crippen LogP contribution in [0.1, 0.15) is 47.5 Å². The molecule has 0 aliphatic heterocycles. The molecule has 0 saturated carbocycles. The van der Waals surface area contributed by atoms with Crippen molar-refractivity contribution in [3.63, 3.8) is 0 Å². The fraction of sp³-hybridized carbons (Fsp3) is 0.179. The van der Waals surface area contributed by atoms with Gasteiger partial charge in [0.2, 0.25) is 0 Å².